The SMILES string of the molecule is O=C1c2ccccc2S(=O)(=O)c2ccc(-c3ccc4c(c3)B(c3ccccc3)c3ccccc3N4c3ccccc3)cc21. The molecule has 6 aromatic carbocycles. The summed E-state index contributed by atoms with van der Waals surface area (Å²) in [4.78, 5) is 15.9. The average Bonchev–Trinajstić information content (AvgIpc) is 3.06. The average molecular weight is 573 g/mol. The van der Waals surface area contributed by atoms with Crippen LogP contribution in [-0.2, 0) is 9.84 Å². The lowest BCUT2D eigenvalue weighted by Gasteiger charge is -2.37. The van der Waals surface area contributed by atoms with Crippen LogP contribution in [0.25, 0.3) is 11.1 Å². The maximum absolute atomic E-state index is 13.5. The van der Waals surface area contributed by atoms with Gasteiger partial charge in [0, 0.05) is 28.2 Å². The van der Waals surface area contributed by atoms with Gasteiger partial charge in [-0.3, -0.25) is 4.79 Å². The number of carbonyl (C=O) groups excluding carboxylic acids is 1. The molecule has 0 aliphatic carbocycles. The summed E-state index contributed by atoms with van der Waals surface area (Å²) in [5.41, 5.74) is 8.93. The number of fused-ring (bicyclic) bond motifs is 4. The van der Waals surface area contributed by atoms with E-state index in [-0.39, 0.29) is 33.4 Å². The predicted molar refractivity (Wildman–Crippen MR) is 173 cm³/mol. The van der Waals surface area contributed by atoms with Crippen LogP contribution in [0, 0.1) is 0 Å². The van der Waals surface area contributed by atoms with E-state index in [0.717, 1.165) is 33.7 Å². The Morgan fingerprint density at radius 1 is 0.512 bits per heavy atom. The number of hydrogen-bond donors (Lipinski definition) is 0. The molecule has 4 nitrogen and oxygen atoms in total. The number of anilines is 3. The molecule has 2 heterocycles. The Labute approximate surface area is 250 Å². The van der Waals surface area contributed by atoms with Crippen LogP contribution in [0.4, 0.5) is 17.1 Å². The zero-order chi connectivity index (χ0) is 29.1. The Hall–Kier alpha value is -5.20. The van der Waals surface area contributed by atoms with E-state index in [1.165, 1.54) is 17.0 Å². The predicted octanol–water partition coefficient (Wildman–Crippen LogP) is 6.03. The zero-order valence-electron chi connectivity index (χ0n) is 23.0. The number of carbonyl (C=O) groups is 1. The van der Waals surface area contributed by atoms with E-state index in [9.17, 15) is 13.2 Å². The molecule has 0 amide bonds. The Kier molecular flexibility index (Phi) is 5.74. The second-order valence-corrected chi connectivity index (χ2v) is 12.8. The van der Waals surface area contributed by atoms with Crippen molar-refractivity contribution in [3.8, 4) is 11.1 Å². The maximum atomic E-state index is 13.5. The van der Waals surface area contributed by atoms with Gasteiger partial charge in [0.2, 0.25) is 16.6 Å². The summed E-state index contributed by atoms with van der Waals surface area (Å²) in [5, 5.41) is 0. The Bertz CT molecular complexity index is 2180. The standard InChI is InChI=1S/C37H24BNO3S/c40-37-29-15-7-10-18-35(29)43(41,42)36-22-20-25(23-30(36)37)26-19-21-34-32(24-26)38(27-11-3-1-4-12-27)31-16-8-9-17-33(31)39(34)28-13-5-2-6-14-28/h1-24H. The lowest BCUT2D eigenvalue weighted by Crippen LogP contribution is -2.57. The molecule has 2 aliphatic heterocycles. The van der Waals surface area contributed by atoms with Gasteiger partial charge in [-0.1, -0.05) is 103 Å². The number of rotatable bonds is 3. The summed E-state index contributed by atoms with van der Waals surface area (Å²) in [6, 6.07) is 47.3. The van der Waals surface area contributed by atoms with Crippen molar-refractivity contribution in [1.82, 2.24) is 0 Å². The van der Waals surface area contributed by atoms with Gasteiger partial charge in [0.05, 0.1) is 9.79 Å². The Balaban J connectivity index is 1.33. The molecule has 0 N–H and O–H groups in total. The molecular formula is C37H24BNO3S. The van der Waals surface area contributed by atoms with Crippen LogP contribution in [0.15, 0.2) is 155 Å². The lowest BCUT2D eigenvalue weighted by atomic mass is 9.35. The molecule has 8 rings (SSSR count). The lowest BCUT2D eigenvalue weighted by molar-refractivity contribution is 0.103. The second kappa shape index (κ2) is 9.68. The highest BCUT2D eigenvalue weighted by Crippen LogP contribution is 2.39. The van der Waals surface area contributed by atoms with E-state index in [0.29, 0.717) is 0 Å². The maximum Gasteiger partial charge on any atom is 0.246 e. The molecular weight excluding hydrogens is 549 g/mol. The van der Waals surface area contributed by atoms with Crippen molar-refractivity contribution in [3.05, 3.63) is 157 Å². The molecule has 0 atom stereocenters. The molecule has 204 valence electrons. The fraction of sp³-hybridized carbons (Fsp3) is 0. The number of nitrogens with zero attached hydrogens (tertiary/aromatic N) is 1. The quantitative estimate of drug-likeness (QED) is 0.242. The normalized spacial score (nSPS) is 14.4. The van der Waals surface area contributed by atoms with E-state index < -0.39 is 9.84 Å². The molecule has 0 fully saturated rings. The highest BCUT2D eigenvalue weighted by molar-refractivity contribution is 7.91. The van der Waals surface area contributed by atoms with Gasteiger partial charge >= 0.3 is 0 Å². The molecule has 0 radical (unpaired) electrons. The summed E-state index contributed by atoms with van der Waals surface area (Å²) in [7, 11) is -3.79. The third-order valence-electron chi connectivity index (χ3n) is 8.48. The van der Waals surface area contributed by atoms with E-state index in [1.54, 1.807) is 30.3 Å². The van der Waals surface area contributed by atoms with Gasteiger partial charge in [-0.2, -0.15) is 0 Å². The zero-order valence-corrected chi connectivity index (χ0v) is 23.8. The largest absolute Gasteiger partial charge is 0.312 e. The summed E-state index contributed by atoms with van der Waals surface area (Å²) < 4.78 is 26.8. The van der Waals surface area contributed by atoms with Gasteiger partial charge in [-0.15, -0.1) is 0 Å². The van der Waals surface area contributed by atoms with Gasteiger partial charge in [0.15, 0.2) is 5.78 Å². The fourth-order valence-corrected chi connectivity index (χ4v) is 8.17. The molecule has 0 saturated carbocycles. The van der Waals surface area contributed by atoms with Crippen LogP contribution in [0.5, 0.6) is 0 Å². The van der Waals surface area contributed by atoms with Crippen molar-refractivity contribution < 1.29 is 13.2 Å². The van der Waals surface area contributed by atoms with Crippen LogP contribution < -0.4 is 21.3 Å². The number of ketones is 1. The fourth-order valence-electron chi connectivity index (χ4n) is 6.53. The van der Waals surface area contributed by atoms with Gasteiger partial charge in [0.25, 0.3) is 0 Å². The Morgan fingerprint density at radius 2 is 1.12 bits per heavy atom. The smallest absolute Gasteiger partial charge is 0.246 e. The van der Waals surface area contributed by atoms with Gasteiger partial charge in [-0.25, -0.2) is 8.42 Å². The number of hydrogen-bond acceptors (Lipinski definition) is 4. The summed E-state index contributed by atoms with van der Waals surface area (Å²) >= 11 is 0. The van der Waals surface area contributed by atoms with Crippen LogP contribution in [0.2, 0.25) is 0 Å². The topological polar surface area (TPSA) is 54.5 Å². The van der Waals surface area contributed by atoms with Crippen LogP contribution in [0.3, 0.4) is 0 Å². The summed E-state index contributed by atoms with van der Waals surface area (Å²) in [6.45, 7) is -0.0150. The van der Waals surface area contributed by atoms with Crippen molar-refractivity contribution in [3.63, 3.8) is 0 Å². The van der Waals surface area contributed by atoms with E-state index >= 15 is 0 Å². The first-order valence-corrected chi connectivity index (χ1v) is 15.7. The minimum absolute atomic E-state index is 0.0150. The third-order valence-corrected chi connectivity index (χ3v) is 10.4. The van der Waals surface area contributed by atoms with E-state index in [2.05, 4.69) is 83.8 Å². The number of sulfone groups is 1. The third kappa shape index (κ3) is 3.91. The first-order chi connectivity index (χ1) is 21.0. The molecule has 6 heteroatoms. The highest BCUT2D eigenvalue weighted by Gasteiger charge is 2.37. The van der Waals surface area contributed by atoms with Crippen molar-refractivity contribution in [2.24, 2.45) is 0 Å². The highest BCUT2D eigenvalue weighted by atomic mass is 32.2. The monoisotopic (exact) mass is 573 g/mol. The van der Waals surface area contributed by atoms with Gasteiger partial charge in [0.1, 0.15) is 0 Å². The van der Waals surface area contributed by atoms with Crippen LogP contribution in [0.1, 0.15) is 15.9 Å². The number of para-hydroxylation sites is 2. The molecule has 0 aromatic heterocycles. The molecule has 0 saturated heterocycles. The number of benzene rings is 6. The molecule has 0 unspecified atom stereocenters. The van der Waals surface area contributed by atoms with Gasteiger partial charge < -0.3 is 4.90 Å². The molecule has 6 aromatic rings. The summed E-state index contributed by atoms with van der Waals surface area (Å²) in [6.07, 6.45) is 0. The van der Waals surface area contributed by atoms with E-state index in [1.807, 2.05) is 30.3 Å². The van der Waals surface area contributed by atoms with Crippen molar-refractivity contribution in [2.45, 2.75) is 9.79 Å². The summed E-state index contributed by atoms with van der Waals surface area (Å²) in [5.74, 6) is -0.272. The first kappa shape index (κ1) is 25.5. The van der Waals surface area contributed by atoms with Crippen molar-refractivity contribution in [1.29, 1.82) is 0 Å². The van der Waals surface area contributed by atoms with Crippen LogP contribution >= 0.6 is 0 Å². The van der Waals surface area contributed by atoms with Crippen molar-refractivity contribution in [2.75, 3.05) is 4.90 Å². The second-order valence-electron chi connectivity index (χ2n) is 10.9. The molecule has 2 aliphatic rings. The molecule has 0 bridgehead atoms. The van der Waals surface area contributed by atoms with Crippen molar-refractivity contribution >= 4 is 55.8 Å². The molecule has 0 spiro atoms. The minimum atomic E-state index is -3.79. The first-order valence-electron chi connectivity index (χ1n) is 14.2. The van der Waals surface area contributed by atoms with E-state index in [4.69, 9.17) is 0 Å². The van der Waals surface area contributed by atoms with Gasteiger partial charge in [-0.05, 0) is 70.6 Å². The van der Waals surface area contributed by atoms with Crippen LogP contribution in [-0.4, -0.2) is 20.9 Å². The minimum Gasteiger partial charge on any atom is -0.312 e. The Morgan fingerprint density at radius 3 is 1.93 bits per heavy atom. The molecule has 43 heavy (non-hydrogen) atoms.